The normalized spacial score (nSPS) is 15.1. The molecule has 0 radical (unpaired) electrons. The van der Waals surface area contributed by atoms with Gasteiger partial charge in [0.25, 0.3) is 0 Å². The summed E-state index contributed by atoms with van der Waals surface area (Å²) in [5, 5.41) is 3.52. The highest BCUT2D eigenvalue weighted by Crippen LogP contribution is 2.21. The van der Waals surface area contributed by atoms with Crippen LogP contribution in [0.1, 0.15) is 45.2 Å². The van der Waals surface area contributed by atoms with Crippen molar-refractivity contribution in [3.63, 3.8) is 0 Å². The third kappa shape index (κ3) is 3.45. The Balaban J connectivity index is 2.00. The highest BCUT2D eigenvalue weighted by Gasteiger charge is 2.20. The van der Waals surface area contributed by atoms with Crippen molar-refractivity contribution in [1.82, 2.24) is 10.3 Å². The number of hydrogen-bond acceptors (Lipinski definition) is 3. The lowest BCUT2D eigenvalue weighted by atomic mass is 10.1. The van der Waals surface area contributed by atoms with Crippen molar-refractivity contribution in [2.24, 2.45) is 0 Å². The molecule has 0 spiro atoms. The van der Waals surface area contributed by atoms with Crippen LogP contribution < -0.4 is 10.2 Å². The standard InChI is InChI=1S/C15H25N3/c1-4-14(5-2)18(3)15-8-9-16-13(10-15)11-17-12-6-7-12/h8-10,12,14,17H,4-7,11H2,1-3H3. The van der Waals surface area contributed by atoms with Gasteiger partial charge < -0.3 is 10.2 Å². The second kappa shape index (κ2) is 6.19. The fourth-order valence-electron chi connectivity index (χ4n) is 2.37. The molecule has 1 aliphatic carbocycles. The number of aromatic nitrogens is 1. The minimum atomic E-state index is 0.622. The van der Waals surface area contributed by atoms with Crippen molar-refractivity contribution in [2.75, 3.05) is 11.9 Å². The molecule has 1 fully saturated rings. The largest absolute Gasteiger partial charge is 0.372 e. The molecule has 0 atom stereocenters. The molecule has 0 bridgehead atoms. The van der Waals surface area contributed by atoms with Gasteiger partial charge in [0.2, 0.25) is 0 Å². The van der Waals surface area contributed by atoms with Gasteiger partial charge in [-0.2, -0.15) is 0 Å². The summed E-state index contributed by atoms with van der Waals surface area (Å²) in [5.74, 6) is 0. The molecule has 3 heteroatoms. The fraction of sp³-hybridized carbons (Fsp3) is 0.667. The number of hydrogen-bond donors (Lipinski definition) is 1. The van der Waals surface area contributed by atoms with Crippen LogP contribution in [0.15, 0.2) is 18.3 Å². The smallest absolute Gasteiger partial charge is 0.0562 e. The van der Waals surface area contributed by atoms with Gasteiger partial charge in [-0.1, -0.05) is 13.8 Å². The van der Waals surface area contributed by atoms with Crippen LogP contribution in [0.25, 0.3) is 0 Å². The molecule has 100 valence electrons. The number of pyridine rings is 1. The third-order valence-corrected chi connectivity index (χ3v) is 3.85. The van der Waals surface area contributed by atoms with E-state index in [-0.39, 0.29) is 0 Å². The lowest BCUT2D eigenvalue weighted by Gasteiger charge is -2.28. The zero-order valence-electron chi connectivity index (χ0n) is 11.8. The van der Waals surface area contributed by atoms with Gasteiger partial charge in [-0.15, -0.1) is 0 Å². The topological polar surface area (TPSA) is 28.2 Å². The number of rotatable bonds is 7. The van der Waals surface area contributed by atoms with E-state index >= 15 is 0 Å². The second-order valence-corrected chi connectivity index (χ2v) is 5.24. The maximum absolute atomic E-state index is 4.44. The average molecular weight is 247 g/mol. The molecule has 0 aliphatic heterocycles. The van der Waals surface area contributed by atoms with Crippen LogP contribution in [0.3, 0.4) is 0 Å². The van der Waals surface area contributed by atoms with Crippen LogP contribution >= 0.6 is 0 Å². The van der Waals surface area contributed by atoms with Gasteiger partial charge in [-0.05, 0) is 37.8 Å². The van der Waals surface area contributed by atoms with Gasteiger partial charge >= 0.3 is 0 Å². The highest BCUT2D eigenvalue weighted by atomic mass is 15.1. The molecule has 2 rings (SSSR count). The van der Waals surface area contributed by atoms with Crippen LogP contribution in [0, 0.1) is 0 Å². The van der Waals surface area contributed by atoms with E-state index in [9.17, 15) is 0 Å². The summed E-state index contributed by atoms with van der Waals surface area (Å²) in [6.07, 6.45) is 6.95. The summed E-state index contributed by atoms with van der Waals surface area (Å²) < 4.78 is 0. The predicted octanol–water partition coefficient (Wildman–Crippen LogP) is 2.96. The van der Waals surface area contributed by atoms with E-state index in [1.165, 1.54) is 31.4 Å². The molecule has 18 heavy (non-hydrogen) atoms. The minimum Gasteiger partial charge on any atom is -0.372 e. The van der Waals surface area contributed by atoms with Crippen LogP contribution in [-0.4, -0.2) is 24.1 Å². The zero-order valence-corrected chi connectivity index (χ0v) is 11.8. The van der Waals surface area contributed by atoms with E-state index in [0.29, 0.717) is 6.04 Å². The Kier molecular flexibility index (Phi) is 4.59. The monoisotopic (exact) mass is 247 g/mol. The van der Waals surface area contributed by atoms with E-state index in [0.717, 1.165) is 18.3 Å². The molecule has 1 aromatic heterocycles. The van der Waals surface area contributed by atoms with Gasteiger partial charge in [0.05, 0.1) is 5.69 Å². The zero-order chi connectivity index (χ0) is 13.0. The van der Waals surface area contributed by atoms with Crippen molar-refractivity contribution >= 4 is 5.69 Å². The Hall–Kier alpha value is -1.09. The average Bonchev–Trinajstić information content (AvgIpc) is 3.22. The first kappa shape index (κ1) is 13.3. The first-order chi connectivity index (χ1) is 8.74. The molecule has 0 saturated heterocycles. The van der Waals surface area contributed by atoms with Crippen molar-refractivity contribution < 1.29 is 0 Å². The molecule has 1 saturated carbocycles. The van der Waals surface area contributed by atoms with Crippen LogP contribution in [0.2, 0.25) is 0 Å². The summed E-state index contributed by atoms with van der Waals surface area (Å²) in [5.41, 5.74) is 2.43. The highest BCUT2D eigenvalue weighted by molar-refractivity contribution is 5.46. The van der Waals surface area contributed by atoms with Gasteiger partial charge in [0.1, 0.15) is 0 Å². The van der Waals surface area contributed by atoms with E-state index in [1.807, 2.05) is 6.20 Å². The second-order valence-electron chi connectivity index (χ2n) is 5.24. The first-order valence-electron chi connectivity index (χ1n) is 7.15. The van der Waals surface area contributed by atoms with Crippen molar-refractivity contribution in [1.29, 1.82) is 0 Å². The summed E-state index contributed by atoms with van der Waals surface area (Å²) in [4.78, 5) is 6.82. The Bertz CT molecular complexity index is 370. The van der Waals surface area contributed by atoms with Gasteiger partial charge in [-0.3, -0.25) is 4.98 Å². The Labute approximate surface area is 111 Å². The van der Waals surface area contributed by atoms with Gasteiger partial charge in [-0.25, -0.2) is 0 Å². The molecule has 1 aromatic rings. The van der Waals surface area contributed by atoms with Crippen molar-refractivity contribution in [3.05, 3.63) is 24.0 Å². The van der Waals surface area contributed by atoms with E-state index < -0.39 is 0 Å². The van der Waals surface area contributed by atoms with Crippen molar-refractivity contribution in [2.45, 2.75) is 58.2 Å². The Morgan fingerprint density at radius 2 is 2.11 bits per heavy atom. The summed E-state index contributed by atoms with van der Waals surface area (Å²) in [6, 6.07) is 5.69. The van der Waals surface area contributed by atoms with Crippen molar-refractivity contribution in [3.8, 4) is 0 Å². The predicted molar refractivity (Wildman–Crippen MR) is 76.9 cm³/mol. The summed E-state index contributed by atoms with van der Waals surface area (Å²) >= 11 is 0. The molecule has 1 aliphatic rings. The van der Waals surface area contributed by atoms with Crippen LogP contribution in [0.5, 0.6) is 0 Å². The molecule has 1 N–H and O–H groups in total. The number of anilines is 1. The molecule has 0 aromatic carbocycles. The fourth-order valence-corrected chi connectivity index (χ4v) is 2.37. The molecular weight excluding hydrogens is 222 g/mol. The van der Waals surface area contributed by atoms with Crippen LogP contribution in [-0.2, 0) is 6.54 Å². The lowest BCUT2D eigenvalue weighted by molar-refractivity contribution is 0.590. The molecular formula is C15H25N3. The van der Waals surface area contributed by atoms with E-state index in [4.69, 9.17) is 0 Å². The van der Waals surface area contributed by atoms with Crippen LogP contribution in [0.4, 0.5) is 5.69 Å². The SMILES string of the molecule is CCC(CC)N(C)c1ccnc(CNC2CC2)c1. The third-order valence-electron chi connectivity index (χ3n) is 3.85. The number of nitrogens with one attached hydrogen (secondary N) is 1. The first-order valence-corrected chi connectivity index (χ1v) is 7.15. The Morgan fingerprint density at radius 1 is 1.39 bits per heavy atom. The summed E-state index contributed by atoms with van der Waals surface area (Å²) in [7, 11) is 2.19. The molecule has 3 nitrogen and oxygen atoms in total. The summed E-state index contributed by atoms with van der Waals surface area (Å²) in [6.45, 7) is 5.40. The maximum atomic E-state index is 4.44. The molecule has 0 amide bonds. The van der Waals surface area contributed by atoms with Gasteiger partial charge in [0, 0.05) is 37.6 Å². The van der Waals surface area contributed by atoms with E-state index in [2.05, 4.69) is 48.2 Å². The lowest BCUT2D eigenvalue weighted by Crippen LogP contribution is -2.30. The number of nitrogens with zero attached hydrogens (tertiary/aromatic N) is 2. The molecule has 0 unspecified atom stereocenters. The quantitative estimate of drug-likeness (QED) is 0.803. The van der Waals surface area contributed by atoms with E-state index in [1.54, 1.807) is 0 Å². The maximum Gasteiger partial charge on any atom is 0.0562 e. The Morgan fingerprint density at radius 3 is 2.72 bits per heavy atom. The van der Waals surface area contributed by atoms with Gasteiger partial charge in [0.15, 0.2) is 0 Å². The minimum absolute atomic E-state index is 0.622. The molecule has 1 heterocycles.